The van der Waals surface area contributed by atoms with E-state index < -0.39 is 18.2 Å². The summed E-state index contributed by atoms with van der Waals surface area (Å²) in [5.74, 6) is 0. The number of hydrogen-bond acceptors (Lipinski definition) is 3. The molecule has 0 saturated heterocycles. The van der Waals surface area contributed by atoms with Crippen molar-refractivity contribution in [1.82, 2.24) is 0 Å². The molecule has 29 heavy (non-hydrogen) atoms. The lowest BCUT2D eigenvalue weighted by molar-refractivity contribution is 0.463. The van der Waals surface area contributed by atoms with Crippen LogP contribution in [0.5, 0.6) is 0 Å². The molecule has 1 rings (SSSR count). The maximum absolute atomic E-state index is 11.3. The molecule has 0 aliphatic rings. The molecule has 0 saturated carbocycles. The minimum Gasteiger partial charge on any atom is -0.744 e. The molecule has 0 unspecified atom stereocenters. The molecule has 5 heteroatoms. The highest BCUT2D eigenvalue weighted by molar-refractivity contribution is 7.85. The van der Waals surface area contributed by atoms with E-state index in [0.717, 1.165) is 24.0 Å². The Bertz CT molecular complexity index is 683. The summed E-state index contributed by atoms with van der Waals surface area (Å²) in [6.07, 6.45) is 15.8. The average Bonchev–Trinajstić information content (AvgIpc) is 2.63. The number of hydrogen-bond donors (Lipinski definition) is 0. The van der Waals surface area contributed by atoms with Crippen LogP contribution in [0.15, 0.2) is 23.1 Å². The number of rotatable bonds is 16. The summed E-state index contributed by atoms with van der Waals surface area (Å²) in [6.45, 7) is 9.21. The van der Waals surface area contributed by atoms with E-state index in [1.807, 2.05) is 6.92 Å². The van der Waals surface area contributed by atoms with Gasteiger partial charge in [0.25, 0.3) is 0 Å². The van der Waals surface area contributed by atoms with Crippen LogP contribution in [0.3, 0.4) is 0 Å². The number of benzene rings is 1. The molecular weight excluding hydrogens is 396 g/mol. The molecule has 0 amide bonds. The summed E-state index contributed by atoms with van der Waals surface area (Å²) < 4.78 is 33.8. The molecule has 0 spiro atoms. The Balaban J connectivity index is 2.22. The monoisotopic (exact) mass is 439 g/mol. The van der Waals surface area contributed by atoms with Crippen LogP contribution in [-0.2, 0) is 16.5 Å². The topological polar surface area (TPSA) is 57.2 Å². The standard InChI is InChI=1S/C24H44O3SSi/c1-5-6-7-8-9-10-11-12-13-14-19-29(3,4)20-15-16-23-21-24(28(25,26)27)18-17-22(23)2/h17-18,21H,5-16,19-20H2,1-4H3,(H,25,26,27)/p-1. The van der Waals surface area contributed by atoms with Crippen molar-refractivity contribution in [1.29, 1.82) is 0 Å². The van der Waals surface area contributed by atoms with Gasteiger partial charge in [-0.25, -0.2) is 8.42 Å². The van der Waals surface area contributed by atoms with E-state index in [9.17, 15) is 13.0 Å². The lowest BCUT2D eigenvalue weighted by atomic mass is 10.0. The van der Waals surface area contributed by atoms with E-state index in [1.54, 1.807) is 12.1 Å². The van der Waals surface area contributed by atoms with Crippen LogP contribution in [-0.4, -0.2) is 21.0 Å². The first-order valence-corrected chi connectivity index (χ1v) is 16.5. The van der Waals surface area contributed by atoms with Gasteiger partial charge in [0.15, 0.2) is 0 Å². The van der Waals surface area contributed by atoms with Crippen LogP contribution in [0, 0.1) is 6.92 Å². The molecule has 3 nitrogen and oxygen atoms in total. The highest BCUT2D eigenvalue weighted by atomic mass is 32.2. The van der Waals surface area contributed by atoms with Crippen molar-refractivity contribution in [2.24, 2.45) is 0 Å². The largest absolute Gasteiger partial charge is 0.744 e. The van der Waals surface area contributed by atoms with Gasteiger partial charge in [0.2, 0.25) is 0 Å². The lowest BCUT2D eigenvalue weighted by Gasteiger charge is -2.22. The minimum absolute atomic E-state index is 0.0973. The molecule has 0 bridgehead atoms. The van der Waals surface area contributed by atoms with Gasteiger partial charge in [0, 0.05) is 8.07 Å². The Hall–Kier alpha value is -0.653. The summed E-state index contributed by atoms with van der Waals surface area (Å²) >= 11 is 0. The molecule has 0 aliphatic carbocycles. The molecule has 0 fully saturated rings. The summed E-state index contributed by atoms with van der Waals surface area (Å²) in [7, 11) is -5.56. The van der Waals surface area contributed by atoms with Crippen molar-refractivity contribution < 1.29 is 13.0 Å². The summed E-state index contributed by atoms with van der Waals surface area (Å²) in [6, 6.07) is 7.40. The van der Waals surface area contributed by atoms with Gasteiger partial charge in [0.1, 0.15) is 10.1 Å². The van der Waals surface area contributed by atoms with Crippen LogP contribution in [0.2, 0.25) is 25.2 Å². The van der Waals surface area contributed by atoms with Gasteiger partial charge in [-0.15, -0.1) is 0 Å². The smallest absolute Gasteiger partial charge is 0.124 e. The zero-order valence-corrected chi connectivity index (χ0v) is 21.1. The second kappa shape index (κ2) is 13.6. The van der Waals surface area contributed by atoms with Gasteiger partial charge in [0.05, 0.1) is 4.90 Å². The van der Waals surface area contributed by atoms with Crippen molar-refractivity contribution in [3.63, 3.8) is 0 Å². The van der Waals surface area contributed by atoms with Gasteiger partial charge in [-0.2, -0.15) is 0 Å². The first kappa shape index (κ1) is 26.4. The van der Waals surface area contributed by atoms with Crippen LogP contribution < -0.4 is 0 Å². The van der Waals surface area contributed by atoms with E-state index in [0.29, 0.717) is 0 Å². The van der Waals surface area contributed by atoms with Gasteiger partial charge in [-0.1, -0.05) is 109 Å². The third-order valence-electron chi connectivity index (χ3n) is 6.12. The molecule has 0 aliphatic heterocycles. The van der Waals surface area contributed by atoms with E-state index in [2.05, 4.69) is 20.0 Å². The highest BCUT2D eigenvalue weighted by Crippen LogP contribution is 2.24. The maximum atomic E-state index is 11.3. The van der Waals surface area contributed by atoms with E-state index >= 15 is 0 Å². The van der Waals surface area contributed by atoms with Gasteiger partial charge < -0.3 is 4.55 Å². The Morgan fingerprint density at radius 1 is 0.828 bits per heavy atom. The zero-order valence-electron chi connectivity index (χ0n) is 19.3. The SMILES string of the molecule is CCCCCCCCCCCC[Si](C)(C)CCCc1cc(S(=O)(=O)[O-])ccc1C. The van der Waals surface area contributed by atoms with Crippen LogP contribution in [0.1, 0.15) is 88.7 Å². The fourth-order valence-electron chi connectivity index (χ4n) is 4.05. The Labute approximate surface area is 181 Å². The fourth-order valence-corrected chi connectivity index (χ4v) is 7.16. The third-order valence-corrected chi connectivity index (χ3v) is 10.4. The van der Waals surface area contributed by atoms with E-state index in [4.69, 9.17) is 0 Å². The summed E-state index contributed by atoms with van der Waals surface area (Å²) in [5, 5.41) is 0. The molecule has 0 N–H and O–H groups in total. The van der Waals surface area contributed by atoms with E-state index in [1.165, 1.54) is 82.4 Å². The van der Waals surface area contributed by atoms with Crippen LogP contribution >= 0.6 is 0 Å². The normalized spacial score (nSPS) is 12.4. The fraction of sp³-hybridized carbons (Fsp3) is 0.750. The quantitative estimate of drug-likeness (QED) is 0.152. The first-order chi connectivity index (χ1) is 13.7. The first-order valence-electron chi connectivity index (χ1n) is 11.7. The van der Waals surface area contributed by atoms with Gasteiger partial charge in [-0.3, -0.25) is 0 Å². The van der Waals surface area contributed by atoms with Crippen molar-refractivity contribution in [2.45, 2.75) is 121 Å². The maximum Gasteiger partial charge on any atom is 0.124 e. The second-order valence-corrected chi connectivity index (χ2v) is 16.2. The van der Waals surface area contributed by atoms with Gasteiger partial charge in [-0.05, 0) is 36.6 Å². The van der Waals surface area contributed by atoms with Crippen molar-refractivity contribution >= 4 is 18.2 Å². The predicted octanol–water partition coefficient (Wildman–Crippen LogP) is 7.46. The average molecular weight is 440 g/mol. The minimum atomic E-state index is -4.36. The molecule has 0 radical (unpaired) electrons. The Kier molecular flexibility index (Phi) is 12.4. The zero-order chi connectivity index (χ0) is 21.8. The van der Waals surface area contributed by atoms with Gasteiger partial charge >= 0.3 is 0 Å². The van der Waals surface area contributed by atoms with Crippen LogP contribution in [0.25, 0.3) is 0 Å². The summed E-state index contributed by atoms with van der Waals surface area (Å²) in [5.41, 5.74) is 2.08. The Morgan fingerprint density at radius 3 is 1.90 bits per heavy atom. The van der Waals surface area contributed by atoms with Crippen molar-refractivity contribution in [2.75, 3.05) is 0 Å². The van der Waals surface area contributed by atoms with Crippen molar-refractivity contribution in [3.05, 3.63) is 29.3 Å². The third kappa shape index (κ3) is 11.9. The lowest BCUT2D eigenvalue weighted by Crippen LogP contribution is -2.24. The second-order valence-electron chi connectivity index (χ2n) is 9.49. The molecule has 0 heterocycles. The molecule has 168 valence electrons. The number of unbranched alkanes of at least 4 members (excludes halogenated alkanes) is 9. The van der Waals surface area contributed by atoms with E-state index in [-0.39, 0.29) is 4.90 Å². The number of aryl methyl sites for hydroxylation is 2. The highest BCUT2D eigenvalue weighted by Gasteiger charge is 2.19. The van der Waals surface area contributed by atoms with Crippen LogP contribution in [0.4, 0.5) is 0 Å². The molecule has 0 aromatic heterocycles. The Morgan fingerprint density at radius 2 is 1.34 bits per heavy atom. The molecule has 1 aromatic rings. The van der Waals surface area contributed by atoms with Crippen molar-refractivity contribution in [3.8, 4) is 0 Å². The molecule has 0 atom stereocenters. The molecular formula is C24H43O3SSi-. The summed E-state index contributed by atoms with van der Waals surface area (Å²) in [4.78, 5) is -0.0973. The molecule has 1 aromatic carbocycles. The predicted molar refractivity (Wildman–Crippen MR) is 126 cm³/mol.